The van der Waals surface area contributed by atoms with Gasteiger partial charge in [0.2, 0.25) is 0 Å². The molecule has 3 aromatic heterocycles. The number of amidine groups is 1. The van der Waals surface area contributed by atoms with Crippen molar-refractivity contribution in [3.63, 3.8) is 0 Å². The molecule has 0 spiro atoms. The van der Waals surface area contributed by atoms with E-state index in [4.69, 9.17) is 46.4 Å². The van der Waals surface area contributed by atoms with E-state index in [0.29, 0.717) is 25.5 Å². The van der Waals surface area contributed by atoms with Crippen LogP contribution in [0.1, 0.15) is 10.6 Å². The molecular formula is C28H14Br2Cl4F6N4OS2. The Morgan fingerprint density at radius 1 is 0.766 bits per heavy atom. The number of rotatable bonds is 4. The van der Waals surface area contributed by atoms with Gasteiger partial charge in [-0.1, -0.05) is 46.4 Å². The van der Waals surface area contributed by atoms with Crippen molar-refractivity contribution >= 4 is 112 Å². The standard InChI is InChI=1S/C14H8BrCl2F3N2OS.C14H6BrCl2F3N2S/c15-11-4-3-10(24-11)12-21-13(23,14(18,19)20)6-22(12)9-5-7(16)1-2-8(9)17;15-12-4-3-10(23-12)13-21-11(14(18,19)20)6-22(13)9-5-7(16)1-2-8(9)17/h1-5,23H,6H2;1-6H. The van der Waals surface area contributed by atoms with Crippen molar-refractivity contribution < 1.29 is 31.4 Å². The van der Waals surface area contributed by atoms with Crippen LogP contribution in [-0.2, 0) is 6.18 Å². The molecule has 1 aliphatic heterocycles. The minimum Gasteiger partial charge on any atom is -0.361 e. The normalized spacial score (nSPS) is 16.7. The van der Waals surface area contributed by atoms with Crippen LogP contribution in [0.3, 0.4) is 0 Å². The van der Waals surface area contributed by atoms with Crippen LogP contribution in [-0.4, -0.2) is 38.9 Å². The molecule has 5 aromatic rings. The van der Waals surface area contributed by atoms with E-state index in [2.05, 4.69) is 41.8 Å². The first-order valence-electron chi connectivity index (χ1n) is 12.6. The highest BCUT2D eigenvalue weighted by atomic mass is 79.9. The summed E-state index contributed by atoms with van der Waals surface area (Å²) in [7, 11) is 0. The summed E-state index contributed by atoms with van der Waals surface area (Å²) in [6.07, 6.45) is -8.56. The number of thiophene rings is 2. The summed E-state index contributed by atoms with van der Waals surface area (Å²) in [4.78, 5) is 9.55. The highest BCUT2D eigenvalue weighted by Crippen LogP contribution is 2.42. The molecule has 4 heterocycles. The molecule has 47 heavy (non-hydrogen) atoms. The topological polar surface area (TPSA) is 53.6 Å². The fraction of sp³-hybridized carbons (Fsp3) is 0.143. The van der Waals surface area contributed by atoms with Gasteiger partial charge < -0.3 is 10.0 Å². The van der Waals surface area contributed by atoms with Gasteiger partial charge in [0.1, 0.15) is 5.84 Å². The number of aromatic nitrogens is 2. The van der Waals surface area contributed by atoms with Crippen molar-refractivity contribution in [2.75, 3.05) is 11.4 Å². The van der Waals surface area contributed by atoms with Crippen LogP contribution < -0.4 is 4.90 Å². The Balaban J connectivity index is 0.000000185. The van der Waals surface area contributed by atoms with Crippen LogP contribution in [0.5, 0.6) is 0 Å². The van der Waals surface area contributed by atoms with Crippen molar-refractivity contribution in [2.45, 2.75) is 18.1 Å². The summed E-state index contributed by atoms with van der Waals surface area (Å²) in [5.41, 5.74) is -3.63. The Labute approximate surface area is 307 Å². The first-order chi connectivity index (χ1) is 21.9. The van der Waals surface area contributed by atoms with Crippen LogP contribution in [0.4, 0.5) is 32.0 Å². The second-order valence-electron chi connectivity index (χ2n) is 9.55. The monoisotopic (exact) mass is 898 g/mol. The third-order valence-corrected chi connectivity index (χ3v) is 10.7. The molecule has 6 rings (SSSR count). The summed E-state index contributed by atoms with van der Waals surface area (Å²) in [6.45, 7) is -0.804. The lowest BCUT2D eigenvalue weighted by Gasteiger charge is -2.26. The first-order valence-corrected chi connectivity index (χ1v) is 17.3. The maximum Gasteiger partial charge on any atom is 0.440 e. The van der Waals surface area contributed by atoms with Crippen LogP contribution in [0, 0.1) is 0 Å². The fourth-order valence-electron chi connectivity index (χ4n) is 4.21. The quantitative estimate of drug-likeness (QED) is 0.183. The Morgan fingerprint density at radius 2 is 1.30 bits per heavy atom. The molecule has 19 heteroatoms. The molecule has 1 unspecified atom stereocenters. The van der Waals surface area contributed by atoms with Gasteiger partial charge in [0.25, 0.3) is 5.72 Å². The van der Waals surface area contributed by atoms with Gasteiger partial charge in [-0.25, -0.2) is 9.98 Å². The van der Waals surface area contributed by atoms with Crippen molar-refractivity contribution in [2.24, 2.45) is 4.99 Å². The van der Waals surface area contributed by atoms with E-state index in [1.807, 2.05) is 0 Å². The second kappa shape index (κ2) is 13.8. The number of nitrogens with zero attached hydrogens (tertiary/aromatic N) is 4. The number of hydrogen-bond acceptors (Lipinski definition) is 6. The summed E-state index contributed by atoms with van der Waals surface area (Å²) in [5.74, 6) is 0.131. The number of halogens is 12. The molecule has 0 fully saturated rings. The maximum atomic E-state index is 13.3. The zero-order valence-corrected chi connectivity index (χ0v) is 30.5. The first kappa shape index (κ1) is 36.5. The average molecular weight is 902 g/mol. The molecule has 1 N–H and O–H groups in total. The zero-order chi connectivity index (χ0) is 34.5. The lowest BCUT2D eigenvalue weighted by Crippen LogP contribution is -2.47. The van der Waals surface area contributed by atoms with E-state index in [1.165, 1.54) is 62.5 Å². The van der Waals surface area contributed by atoms with Gasteiger partial charge in [-0.3, -0.25) is 4.57 Å². The predicted molar refractivity (Wildman–Crippen MR) is 183 cm³/mol. The second-order valence-corrected chi connectivity index (χ2v) is 16.2. The molecule has 248 valence electrons. The van der Waals surface area contributed by atoms with E-state index in [0.717, 1.165) is 13.8 Å². The molecular weight excluding hydrogens is 888 g/mol. The van der Waals surface area contributed by atoms with Gasteiger partial charge in [-0.05, 0) is 92.5 Å². The van der Waals surface area contributed by atoms with Crippen molar-refractivity contribution in [1.82, 2.24) is 9.55 Å². The molecule has 0 saturated carbocycles. The van der Waals surface area contributed by atoms with Crippen LogP contribution in [0.15, 0.2) is 79.4 Å². The van der Waals surface area contributed by atoms with E-state index in [1.54, 1.807) is 30.3 Å². The van der Waals surface area contributed by atoms with Gasteiger partial charge in [-0.15, -0.1) is 22.7 Å². The van der Waals surface area contributed by atoms with Gasteiger partial charge in [0.15, 0.2) is 11.5 Å². The Kier molecular flexibility index (Phi) is 10.7. The fourth-order valence-corrected chi connectivity index (χ4v) is 7.73. The highest BCUT2D eigenvalue weighted by molar-refractivity contribution is 9.11. The molecule has 0 radical (unpaired) electrons. The van der Waals surface area contributed by atoms with Gasteiger partial charge in [0, 0.05) is 16.2 Å². The van der Waals surface area contributed by atoms with E-state index < -0.39 is 30.3 Å². The smallest absolute Gasteiger partial charge is 0.361 e. The predicted octanol–water partition coefficient (Wildman–Crippen LogP) is 12.0. The largest absolute Gasteiger partial charge is 0.440 e. The summed E-state index contributed by atoms with van der Waals surface area (Å²) < 4.78 is 81.8. The van der Waals surface area contributed by atoms with E-state index >= 15 is 0 Å². The molecule has 1 atom stereocenters. The number of β-amino-alcohol motifs (C(OH)–C–C–N with tert-alkyl or cyclic N) is 1. The SMILES string of the molecule is FC(F)(F)c1cn(-c2cc(Cl)ccc2Cl)c(-c2ccc(Br)s2)n1.OC1(C(F)(F)F)CN(c2cc(Cl)ccc2Cl)C(c2ccc(Br)s2)=N1. The van der Waals surface area contributed by atoms with Crippen LogP contribution in [0.2, 0.25) is 20.1 Å². The zero-order valence-electron chi connectivity index (χ0n) is 22.6. The maximum absolute atomic E-state index is 13.3. The minimum absolute atomic E-state index is 0.0188. The number of imidazole rings is 1. The summed E-state index contributed by atoms with van der Waals surface area (Å²) in [6, 6.07) is 15.8. The summed E-state index contributed by atoms with van der Waals surface area (Å²) in [5, 5.41) is 11.2. The Morgan fingerprint density at radius 3 is 1.81 bits per heavy atom. The number of benzene rings is 2. The van der Waals surface area contributed by atoms with E-state index in [9.17, 15) is 31.4 Å². The van der Waals surface area contributed by atoms with Crippen molar-refractivity contribution in [3.8, 4) is 16.4 Å². The Bertz CT molecular complexity index is 1980. The molecule has 0 amide bonds. The molecule has 0 aliphatic carbocycles. The van der Waals surface area contributed by atoms with Gasteiger partial charge >= 0.3 is 12.4 Å². The third-order valence-electron chi connectivity index (χ3n) is 6.33. The van der Waals surface area contributed by atoms with Crippen molar-refractivity contribution in [3.05, 3.63) is 105 Å². The number of hydrogen-bond donors (Lipinski definition) is 1. The number of alkyl halides is 6. The minimum atomic E-state index is -4.92. The van der Waals surface area contributed by atoms with Gasteiger partial charge in [-0.2, -0.15) is 26.3 Å². The van der Waals surface area contributed by atoms with Crippen LogP contribution in [0.25, 0.3) is 16.4 Å². The molecule has 0 bridgehead atoms. The number of anilines is 1. The lowest BCUT2D eigenvalue weighted by atomic mass is 10.2. The Hall–Kier alpha value is -1.82. The summed E-state index contributed by atoms with van der Waals surface area (Å²) >= 11 is 33.2. The average Bonchev–Trinajstić information content (AvgIpc) is 3.77. The molecule has 1 aliphatic rings. The lowest BCUT2D eigenvalue weighted by molar-refractivity contribution is -0.249. The van der Waals surface area contributed by atoms with Crippen LogP contribution >= 0.6 is 101 Å². The molecule has 5 nitrogen and oxygen atoms in total. The van der Waals surface area contributed by atoms with Gasteiger partial charge in [0.05, 0.1) is 45.3 Å². The van der Waals surface area contributed by atoms with E-state index in [-0.39, 0.29) is 27.4 Å². The van der Waals surface area contributed by atoms with Crippen molar-refractivity contribution in [1.29, 1.82) is 0 Å². The highest BCUT2D eigenvalue weighted by Gasteiger charge is 2.59. The third kappa shape index (κ3) is 7.99. The molecule has 2 aromatic carbocycles. The number of aliphatic imine (C=N–C) groups is 1. The molecule has 0 saturated heterocycles. The number of aliphatic hydroxyl groups is 1.